The average Bonchev–Trinajstić information content (AvgIpc) is 3.14. The van der Waals surface area contributed by atoms with Gasteiger partial charge in [0.1, 0.15) is 0 Å². The van der Waals surface area contributed by atoms with E-state index in [1.54, 1.807) is 27.8 Å². The van der Waals surface area contributed by atoms with Crippen molar-refractivity contribution in [2.24, 2.45) is 0 Å². The highest BCUT2D eigenvalue weighted by atomic mass is 79.9. The van der Waals surface area contributed by atoms with Gasteiger partial charge >= 0.3 is 0 Å². The summed E-state index contributed by atoms with van der Waals surface area (Å²) in [5.41, 5.74) is 1.98. The van der Waals surface area contributed by atoms with Gasteiger partial charge in [-0.1, -0.05) is 32.1 Å². The van der Waals surface area contributed by atoms with Crippen molar-refractivity contribution in [3.05, 3.63) is 33.7 Å². The maximum atomic E-state index is 4.74. The van der Waals surface area contributed by atoms with E-state index >= 15 is 0 Å². The molecule has 2 heterocycles. The maximum Gasteiger partial charge on any atom is 0.221 e. The summed E-state index contributed by atoms with van der Waals surface area (Å²) < 4.78 is 3.71. The molecule has 9 heteroatoms. The molecule has 0 saturated carbocycles. The number of hydrogen-bond acceptors (Lipinski definition) is 7. The molecule has 3 rings (SSSR count). The van der Waals surface area contributed by atoms with Crippen LogP contribution >= 0.6 is 50.8 Å². The molecule has 0 atom stereocenters. The van der Waals surface area contributed by atoms with Crippen molar-refractivity contribution < 1.29 is 0 Å². The van der Waals surface area contributed by atoms with Crippen molar-refractivity contribution >= 4 is 50.8 Å². The van der Waals surface area contributed by atoms with Gasteiger partial charge in [-0.15, -0.1) is 16.9 Å². The Kier molecular flexibility index (Phi) is 5.33. The number of aromatic nitrogens is 5. The molecule has 0 aliphatic rings. The summed E-state index contributed by atoms with van der Waals surface area (Å²) in [5.74, 6) is 0. The standard InChI is InChI=1S/C15H16BrN5S3/c1-15(2,3)11-12(16)23-14(17-11)24-13-18-19-20-21(13)9-5-7-10(22-4)8-6-9/h5-8H,1-4H3. The summed E-state index contributed by atoms with van der Waals surface area (Å²) >= 11 is 8.41. The van der Waals surface area contributed by atoms with Crippen LogP contribution < -0.4 is 0 Å². The van der Waals surface area contributed by atoms with Gasteiger partial charge in [-0.05, 0) is 68.6 Å². The summed E-state index contributed by atoms with van der Waals surface area (Å²) in [4.78, 5) is 5.95. The zero-order chi connectivity index (χ0) is 17.3. The molecule has 0 aliphatic carbocycles. The lowest BCUT2D eigenvalue weighted by atomic mass is 9.93. The minimum absolute atomic E-state index is 0.00623. The SMILES string of the molecule is CSc1ccc(-n2nnnc2Sc2nc(C(C)(C)C)c(Br)s2)cc1. The Morgan fingerprint density at radius 2 is 1.88 bits per heavy atom. The molecular formula is C15H16BrN5S3. The van der Waals surface area contributed by atoms with Crippen LogP contribution in [-0.4, -0.2) is 31.4 Å². The second-order valence-corrected chi connectivity index (χ2v) is 10.4. The third-order valence-electron chi connectivity index (χ3n) is 3.21. The van der Waals surface area contributed by atoms with E-state index < -0.39 is 0 Å². The number of tetrazole rings is 1. The minimum atomic E-state index is -0.00623. The van der Waals surface area contributed by atoms with Crippen molar-refractivity contribution in [3.63, 3.8) is 0 Å². The Bertz CT molecular complexity index is 836. The fourth-order valence-electron chi connectivity index (χ4n) is 2.00. The fourth-order valence-corrected chi connectivity index (χ4v) is 5.85. The first-order valence-corrected chi connectivity index (χ1v) is 10.8. The predicted octanol–water partition coefficient (Wildman–Crippen LogP) is 5.05. The number of hydrogen-bond donors (Lipinski definition) is 0. The molecule has 0 fully saturated rings. The summed E-state index contributed by atoms with van der Waals surface area (Å²) in [5, 5.41) is 12.8. The Balaban J connectivity index is 1.88. The number of thiazole rings is 1. The predicted molar refractivity (Wildman–Crippen MR) is 104 cm³/mol. The van der Waals surface area contributed by atoms with Crippen molar-refractivity contribution in [1.29, 1.82) is 0 Å². The Labute approximate surface area is 161 Å². The van der Waals surface area contributed by atoms with E-state index in [2.05, 4.69) is 70.6 Å². The molecule has 2 aromatic heterocycles. The van der Waals surface area contributed by atoms with Crippen LogP contribution in [0.3, 0.4) is 0 Å². The van der Waals surface area contributed by atoms with Gasteiger partial charge in [0.2, 0.25) is 5.16 Å². The number of rotatable bonds is 4. The molecule has 24 heavy (non-hydrogen) atoms. The van der Waals surface area contributed by atoms with Crippen LogP contribution in [0.1, 0.15) is 26.5 Å². The monoisotopic (exact) mass is 441 g/mol. The van der Waals surface area contributed by atoms with Gasteiger partial charge in [0.05, 0.1) is 15.2 Å². The normalized spacial score (nSPS) is 11.9. The smallest absolute Gasteiger partial charge is 0.221 e. The zero-order valence-electron chi connectivity index (χ0n) is 13.6. The largest absolute Gasteiger partial charge is 0.232 e. The average molecular weight is 442 g/mol. The molecular weight excluding hydrogens is 426 g/mol. The molecule has 0 aliphatic heterocycles. The summed E-state index contributed by atoms with van der Waals surface area (Å²) in [6.07, 6.45) is 2.06. The quantitative estimate of drug-likeness (QED) is 0.527. The van der Waals surface area contributed by atoms with Gasteiger partial charge in [0, 0.05) is 10.3 Å². The molecule has 0 radical (unpaired) electrons. The van der Waals surface area contributed by atoms with E-state index in [9.17, 15) is 0 Å². The molecule has 0 spiro atoms. The third kappa shape index (κ3) is 3.84. The molecule has 3 aromatic rings. The number of thioether (sulfide) groups is 1. The first-order valence-electron chi connectivity index (χ1n) is 7.16. The van der Waals surface area contributed by atoms with Crippen molar-refractivity contribution in [1.82, 2.24) is 25.2 Å². The number of halogens is 1. The van der Waals surface area contributed by atoms with Gasteiger partial charge in [0.25, 0.3) is 0 Å². The first-order chi connectivity index (χ1) is 11.4. The molecule has 1 aromatic carbocycles. The van der Waals surface area contributed by atoms with E-state index in [0.717, 1.165) is 19.5 Å². The van der Waals surface area contributed by atoms with E-state index in [1.807, 2.05) is 12.1 Å². The highest BCUT2D eigenvalue weighted by molar-refractivity contribution is 9.11. The molecule has 126 valence electrons. The van der Waals surface area contributed by atoms with Crippen LogP contribution in [0.15, 0.2) is 42.4 Å². The van der Waals surface area contributed by atoms with E-state index in [1.165, 1.54) is 16.7 Å². The van der Waals surface area contributed by atoms with Gasteiger partial charge in [-0.2, -0.15) is 4.68 Å². The Hall–Kier alpha value is -0.900. The number of benzene rings is 1. The topological polar surface area (TPSA) is 56.5 Å². The molecule has 0 amide bonds. The van der Waals surface area contributed by atoms with Crippen LogP contribution in [-0.2, 0) is 5.41 Å². The van der Waals surface area contributed by atoms with Crippen LogP contribution in [0.4, 0.5) is 0 Å². The second-order valence-electron chi connectivity index (χ2n) is 6.03. The molecule has 0 N–H and O–H groups in total. The van der Waals surface area contributed by atoms with E-state index in [0.29, 0.717) is 5.16 Å². The minimum Gasteiger partial charge on any atom is -0.232 e. The first kappa shape index (κ1) is 17.9. The lowest BCUT2D eigenvalue weighted by molar-refractivity contribution is 0.566. The molecule has 0 saturated heterocycles. The van der Waals surface area contributed by atoms with Crippen LogP contribution in [0.5, 0.6) is 0 Å². The highest BCUT2D eigenvalue weighted by Gasteiger charge is 2.23. The van der Waals surface area contributed by atoms with E-state index in [-0.39, 0.29) is 5.41 Å². The molecule has 5 nitrogen and oxygen atoms in total. The Morgan fingerprint density at radius 3 is 2.46 bits per heavy atom. The van der Waals surface area contributed by atoms with Crippen molar-refractivity contribution in [2.75, 3.05) is 6.26 Å². The van der Waals surface area contributed by atoms with Gasteiger partial charge in [0.15, 0.2) is 4.34 Å². The van der Waals surface area contributed by atoms with Gasteiger partial charge < -0.3 is 0 Å². The zero-order valence-corrected chi connectivity index (χ0v) is 17.7. The van der Waals surface area contributed by atoms with E-state index in [4.69, 9.17) is 4.98 Å². The van der Waals surface area contributed by atoms with Gasteiger partial charge in [-0.25, -0.2) is 4.98 Å². The molecule has 0 bridgehead atoms. The third-order valence-corrected chi connectivity index (χ3v) is 6.66. The van der Waals surface area contributed by atoms with Crippen LogP contribution in [0.2, 0.25) is 0 Å². The van der Waals surface area contributed by atoms with Crippen LogP contribution in [0, 0.1) is 0 Å². The van der Waals surface area contributed by atoms with Gasteiger partial charge in [-0.3, -0.25) is 0 Å². The molecule has 0 unspecified atom stereocenters. The summed E-state index contributed by atoms with van der Waals surface area (Å²) in [6, 6.07) is 8.16. The fraction of sp³-hybridized carbons (Fsp3) is 0.333. The summed E-state index contributed by atoms with van der Waals surface area (Å²) in [6.45, 7) is 6.45. The lowest BCUT2D eigenvalue weighted by Crippen LogP contribution is -2.12. The lowest BCUT2D eigenvalue weighted by Gasteiger charge is -2.15. The van der Waals surface area contributed by atoms with Crippen molar-refractivity contribution in [2.45, 2.75) is 40.6 Å². The highest BCUT2D eigenvalue weighted by Crippen LogP contribution is 2.39. The van der Waals surface area contributed by atoms with Crippen molar-refractivity contribution in [3.8, 4) is 5.69 Å². The summed E-state index contributed by atoms with van der Waals surface area (Å²) in [7, 11) is 0. The van der Waals surface area contributed by atoms with Crippen LogP contribution in [0.25, 0.3) is 5.69 Å². The second kappa shape index (κ2) is 7.15. The maximum absolute atomic E-state index is 4.74. The Morgan fingerprint density at radius 1 is 1.17 bits per heavy atom. The number of nitrogens with zero attached hydrogens (tertiary/aromatic N) is 5.